The molecule has 0 aliphatic carbocycles. The van der Waals surface area contributed by atoms with Crippen molar-refractivity contribution in [1.29, 1.82) is 0 Å². The Morgan fingerprint density at radius 1 is 1.10 bits per heavy atom. The number of nitrogens with zero attached hydrogens (tertiary/aromatic N) is 3. The normalized spacial score (nSPS) is 11.5. The summed E-state index contributed by atoms with van der Waals surface area (Å²) < 4.78 is 33.3. The molecule has 0 bridgehead atoms. The molecule has 1 heterocycles. The zero-order valence-electron chi connectivity index (χ0n) is 18.2. The van der Waals surface area contributed by atoms with Crippen LogP contribution in [0.4, 0.5) is 5.69 Å². The van der Waals surface area contributed by atoms with E-state index in [0.717, 1.165) is 5.56 Å². The Balaban J connectivity index is 1.78. The van der Waals surface area contributed by atoms with E-state index in [0.29, 0.717) is 34.9 Å². The Labute approximate surface area is 182 Å². The van der Waals surface area contributed by atoms with Crippen molar-refractivity contribution in [2.24, 2.45) is 0 Å². The van der Waals surface area contributed by atoms with Crippen molar-refractivity contribution in [3.63, 3.8) is 0 Å². The number of carbonyl (C=O) groups is 1. The Bertz CT molecular complexity index is 1200. The van der Waals surface area contributed by atoms with Gasteiger partial charge in [0.05, 0.1) is 30.7 Å². The lowest BCUT2D eigenvalue weighted by Crippen LogP contribution is -2.23. The topological polar surface area (TPSA) is 93.5 Å². The summed E-state index contributed by atoms with van der Waals surface area (Å²) in [6.07, 6.45) is 0. The average molecular weight is 443 g/mol. The maximum Gasteiger partial charge on any atom is 0.255 e. The summed E-state index contributed by atoms with van der Waals surface area (Å²) >= 11 is 0. The number of aryl methyl sites for hydroxylation is 1. The lowest BCUT2D eigenvalue weighted by Gasteiger charge is -2.12. The molecule has 8 nitrogen and oxygen atoms in total. The van der Waals surface area contributed by atoms with Crippen LogP contribution in [-0.4, -0.2) is 49.6 Å². The summed E-state index contributed by atoms with van der Waals surface area (Å²) in [7, 11) is 0.974. The van der Waals surface area contributed by atoms with E-state index >= 15 is 0 Å². The summed E-state index contributed by atoms with van der Waals surface area (Å²) in [4.78, 5) is 12.8. The minimum atomic E-state index is -3.58. The molecule has 0 aliphatic heterocycles. The zero-order valence-corrected chi connectivity index (χ0v) is 19.0. The molecule has 3 aromatic rings. The van der Waals surface area contributed by atoms with Crippen molar-refractivity contribution < 1.29 is 17.9 Å². The van der Waals surface area contributed by atoms with Crippen molar-refractivity contribution in [3.05, 3.63) is 71.0 Å². The summed E-state index contributed by atoms with van der Waals surface area (Å²) in [5.41, 5.74) is 3.02. The fraction of sp³-hybridized carbons (Fsp3) is 0.273. The largest absolute Gasteiger partial charge is 0.495 e. The predicted molar refractivity (Wildman–Crippen MR) is 119 cm³/mol. The second-order valence-corrected chi connectivity index (χ2v) is 9.39. The first-order chi connectivity index (χ1) is 14.6. The molecule has 164 valence electrons. The summed E-state index contributed by atoms with van der Waals surface area (Å²) in [5, 5.41) is 7.25. The number of nitrogens with one attached hydrogen (secondary N) is 1. The molecule has 0 radical (unpaired) electrons. The summed E-state index contributed by atoms with van der Waals surface area (Å²) in [5.74, 6) is 0.335. The number of benzene rings is 2. The van der Waals surface area contributed by atoms with Gasteiger partial charge in [-0.3, -0.25) is 9.48 Å². The number of para-hydroxylation sites is 2. The molecule has 1 amide bonds. The van der Waals surface area contributed by atoms with Crippen molar-refractivity contribution in [2.75, 3.05) is 26.5 Å². The number of anilines is 1. The van der Waals surface area contributed by atoms with Gasteiger partial charge in [-0.1, -0.05) is 24.3 Å². The smallest absolute Gasteiger partial charge is 0.255 e. The minimum Gasteiger partial charge on any atom is -0.495 e. The van der Waals surface area contributed by atoms with Gasteiger partial charge in [-0.2, -0.15) is 5.10 Å². The number of rotatable bonds is 7. The number of carbonyl (C=O) groups excluding carboxylic acids is 1. The predicted octanol–water partition coefficient (Wildman–Crippen LogP) is 3.06. The molecule has 0 fully saturated rings. The van der Waals surface area contributed by atoms with Crippen LogP contribution in [0.2, 0.25) is 0 Å². The van der Waals surface area contributed by atoms with Gasteiger partial charge in [-0.15, -0.1) is 0 Å². The third-order valence-electron chi connectivity index (χ3n) is 4.96. The molecular formula is C22H26N4O4S. The van der Waals surface area contributed by atoms with E-state index in [4.69, 9.17) is 4.74 Å². The molecule has 2 aromatic carbocycles. The molecule has 9 heteroatoms. The highest BCUT2D eigenvalue weighted by Crippen LogP contribution is 2.24. The monoisotopic (exact) mass is 442 g/mol. The number of amides is 1. The van der Waals surface area contributed by atoms with Crippen LogP contribution in [0, 0.1) is 13.8 Å². The second-order valence-electron chi connectivity index (χ2n) is 7.30. The third kappa shape index (κ3) is 4.62. The van der Waals surface area contributed by atoms with Gasteiger partial charge < -0.3 is 10.1 Å². The van der Waals surface area contributed by atoms with Gasteiger partial charge in [-0.25, -0.2) is 12.7 Å². The molecule has 31 heavy (non-hydrogen) atoms. The maximum atomic E-state index is 12.6. The fourth-order valence-corrected chi connectivity index (χ4v) is 4.53. The van der Waals surface area contributed by atoms with Crippen molar-refractivity contribution >= 4 is 21.6 Å². The number of methoxy groups -OCH3 is 1. The molecule has 0 unspecified atom stereocenters. The van der Waals surface area contributed by atoms with Crippen LogP contribution < -0.4 is 10.1 Å². The van der Waals surface area contributed by atoms with Gasteiger partial charge in [0.25, 0.3) is 5.91 Å². The van der Waals surface area contributed by atoms with Crippen molar-refractivity contribution in [1.82, 2.24) is 14.1 Å². The third-order valence-corrected chi connectivity index (χ3v) is 7.03. The molecular weight excluding hydrogens is 416 g/mol. The Kier molecular flexibility index (Phi) is 6.47. The van der Waals surface area contributed by atoms with E-state index < -0.39 is 10.0 Å². The van der Waals surface area contributed by atoms with E-state index in [1.54, 1.807) is 49.9 Å². The molecule has 1 aromatic heterocycles. The van der Waals surface area contributed by atoms with E-state index in [2.05, 4.69) is 10.4 Å². The highest BCUT2D eigenvalue weighted by Gasteiger charge is 2.26. The van der Waals surface area contributed by atoms with Gasteiger partial charge in [-0.05, 0) is 43.7 Å². The molecule has 0 spiro atoms. The van der Waals surface area contributed by atoms with Crippen molar-refractivity contribution in [3.8, 4) is 5.75 Å². The lowest BCUT2D eigenvalue weighted by molar-refractivity contribution is 0.102. The molecule has 0 atom stereocenters. The quantitative estimate of drug-likeness (QED) is 0.607. The van der Waals surface area contributed by atoms with Crippen LogP contribution in [0.5, 0.6) is 5.75 Å². The average Bonchev–Trinajstić information content (AvgIpc) is 3.02. The number of hydrogen-bond donors (Lipinski definition) is 1. The van der Waals surface area contributed by atoms with Gasteiger partial charge in [0, 0.05) is 19.7 Å². The van der Waals surface area contributed by atoms with Gasteiger partial charge in [0.15, 0.2) is 0 Å². The Morgan fingerprint density at radius 2 is 1.74 bits per heavy atom. The van der Waals surface area contributed by atoms with Crippen LogP contribution >= 0.6 is 0 Å². The SMILES string of the molecule is COc1ccccc1NC(=O)c1ccc(Cn2nc(C)c(S(=O)(=O)N(C)C)c2C)cc1. The zero-order chi connectivity index (χ0) is 22.8. The lowest BCUT2D eigenvalue weighted by atomic mass is 10.1. The number of hydrogen-bond acceptors (Lipinski definition) is 5. The first kappa shape index (κ1) is 22.5. The van der Waals surface area contributed by atoms with Gasteiger partial charge in [0.1, 0.15) is 10.6 Å². The van der Waals surface area contributed by atoms with E-state index in [1.807, 2.05) is 24.3 Å². The van der Waals surface area contributed by atoms with Crippen molar-refractivity contribution in [2.45, 2.75) is 25.3 Å². The van der Waals surface area contributed by atoms with E-state index in [9.17, 15) is 13.2 Å². The first-order valence-corrected chi connectivity index (χ1v) is 11.1. The summed E-state index contributed by atoms with van der Waals surface area (Å²) in [6, 6.07) is 14.3. The van der Waals surface area contributed by atoms with Gasteiger partial charge in [0.2, 0.25) is 10.0 Å². The van der Waals surface area contributed by atoms with Gasteiger partial charge >= 0.3 is 0 Å². The standard InChI is InChI=1S/C22H26N4O4S/c1-15-21(31(28,29)25(3)4)16(2)26(24-15)14-17-10-12-18(13-11-17)22(27)23-19-8-6-7-9-20(19)30-5/h6-13H,14H2,1-5H3,(H,23,27). The van der Waals surface area contributed by atoms with Crippen LogP contribution in [0.15, 0.2) is 53.4 Å². The summed E-state index contributed by atoms with van der Waals surface area (Å²) in [6.45, 7) is 3.82. The molecule has 1 N–H and O–H groups in total. The van der Waals surface area contributed by atoms with Crippen LogP contribution in [0.3, 0.4) is 0 Å². The van der Waals surface area contributed by atoms with Crippen LogP contribution in [0.25, 0.3) is 0 Å². The molecule has 0 saturated carbocycles. The number of aromatic nitrogens is 2. The van der Waals surface area contributed by atoms with Crippen LogP contribution in [-0.2, 0) is 16.6 Å². The molecule has 0 aliphatic rings. The number of sulfonamides is 1. The highest BCUT2D eigenvalue weighted by atomic mass is 32.2. The second kappa shape index (κ2) is 8.91. The first-order valence-electron chi connectivity index (χ1n) is 9.65. The highest BCUT2D eigenvalue weighted by molar-refractivity contribution is 7.89. The Morgan fingerprint density at radius 3 is 2.35 bits per heavy atom. The fourth-order valence-electron chi connectivity index (χ4n) is 3.27. The minimum absolute atomic E-state index is 0.227. The van der Waals surface area contributed by atoms with E-state index in [1.165, 1.54) is 18.4 Å². The van der Waals surface area contributed by atoms with E-state index in [-0.39, 0.29) is 10.8 Å². The number of ether oxygens (including phenoxy) is 1. The Hall–Kier alpha value is -3.17. The maximum absolute atomic E-state index is 12.6. The molecule has 0 saturated heterocycles. The van der Waals surface area contributed by atoms with Crippen LogP contribution in [0.1, 0.15) is 27.3 Å². The molecule has 3 rings (SSSR count).